The van der Waals surface area contributed by atoms with Gasteiger partial charge in [0.2, 0.25) is 0 Å². The zero-order valence-corrected chi connectivity index (χ0v) is 26.3. The summed E-state index contributed by atoms with van der Waals surface area (Å²) in [4.78, 5) is 25.8. The first-order chi connectivity index (χ1) is 21.8. The summed E-state index contributed by atoms with van der Waals surface area (Å²) < 4.78 is 29.1. The van der Waals surface area contributed by atoms with E-state index in [9.17, 15) is 14.7 Å². The molecule has 5 rings (SSSR count). The largest absolute Gasteiger partial charge is 0.493 e. The van der Waals surface area contributed by atoms with Gasteiger partial charge in [0, 0.05) is 45.1 Å². The lowest BCUT2D eigenvalue weighted by Crippen LogP contribution is -2.41. The molecule has 3 aromatic rings. The number of ether oxygens (including phenoxy) is 5. The van der Waals surface area contributed by atoms with Gasteiger partial charge in [-0.2, -0.15) is 0 Å². The van der Waals surface area contributed by atoms with Gasteiger partial charge in [0.25, 0.3) is 5.91 Å². The topological polar surface area (TPSA) is 116 Å². The van der Waals surface area contributed by atoms with E-state index in [0.29, 0.717) is 13.0 Å². The summed E-state index contributed by atoms with van der Waals surface area (Å²) in [6.45, 7) is 5.53. The van der Waals surface area contributed by atoms with Crippen LogP contribution in [-0.4, -0.2) is 61.4 Å². The third-order valence-electron chi connectivity index (χ3n) is 8.30. The molecule has 10 nitrogen and oxygen atoms in total. The van der Waals surface area contributed by atoms with Crippen LogP contribution in [0.3, 0.4) is 0 Å². The molecule has 10 heteroatoms. The normalized spacial score (nSPS) is 20.5. The lowest BCUT2D eigenvalue weighted by Gasteiger charge is -2.39. The highest BCUT2D eigenvalue weighted by atomic mass is 16.7. The van der Waals surface area contributed by atoms with Gasteiger partial charge in [-0.05, 0) is 53.3 Å². The number of aliphatic hydroxyl groups is 1. The highest BCUT2D eigenvalue weighted by molar-refractivity contribution is 5.82. The Morgan fingerprint density at radius 3 is 2.24 bits per heavy atom. The van der Waals surface area contributed by atoms with E-state index in [-0.39, 0.29) is 24.7 Å². The van der Waals surface area contributed by atoms with Crippen molar-refractivity contribution in [2.75, 3.05) is 27.3 Å². The van der Waals surface area contributed by atoms with Crippen LogP contribution in [0, 0.1) is 0 Å². The molecular formula is C35H42N2O8. The number of carbonyl (C=O) groups is 2. The monoisotopic (exact) mass is 618 g/mol. The maximum absolute atomic E-state index is 12.2. The molecule has 0 spiro atoms. The highest BCUT2D eigenvalue weighted by Crippen LogP contribution is 2.39. The smallest absolute Gasteiger partial charge is 0.303 e. The van der Waals surface area contributed by atoms with E-state index < -0.39 is 18.4 Å². The number of amides is 1. The molecular weight excluding hydrogens is 576 g/mol. The van der Waals surface area contributed by atoms with E-state index in [1.165, 1.54) is 18.1 Å². The summed E-state index contributed by atoms with van der Waals surface area (Å²) in [5.41, 5.74) is 6.15. The summed E-state index contributed by atoms with van der Waals surface area (Å²) in [5.74, 6) is 0.625. The number of benzene rings is 3. The number of aliphatic hydroxyl groups excluding tert-OH is 1. The number of nitrogens with zero attached hydrogens (tertiary/aromatic N) is 1. The lowest BCUT2D eigenvalue weighted by atomic mass is 9.97. The molecule has 1 saturated heterocycles. The number of nitrogens with one attached hydrogen (secondary N) is 1. The molecule has 2 aliphatic rings. The first kappa shape index (κ1) is 32.4. The molecule has 0 unspecified atom stereocenters. The van der Waals surface area contributed by atoms with Crippen molar-refractivity contribution in [3.05, 3.63) is 94.0 Å². The maximum atomic E-state index is 12.2. The van der Waals surface area contributed by atoms with E-state index in [0.717, 1.165) is 59.8 Å². The molecule has 0 saturated carbocycles. The standard InChI is InChI=1S/C35H42N2O8/c1-22(43-23(2)39)34(40)36-18-24-5-11-27(12-6-24)35-44-30(17-31(45-35)26-9-7-25(21-38)8-10-26)20-37-14-13-28-15-32(41-3)33(42-4)16-29(28)19-37/h5-12,15-16,22,30-31,35,38H,13-14,17-21H2,1-4H3,(H,36,40)/t22-,30-,31+,35+/m0/s1. The first-order valence-corrected chi connectivity index (χ1v) is 15.3. The number of esters is 1. The molecule has 0 bridgehead atoms. The molecule has 0 radical (unpaired) electrons. The minimum atomic E-state index is -0.857. The molecule has 45 heavy (non-hydrogen) atoms. The molecule has 4 atom stereocenters. The zero-order valence-electron chi connectivity index (χ0n) is 26.3. The van der Waals surface area contributed by atoms with Crippen LogP contribution in [-0.2, 0) is 49.9 Å². The Balaban J connectivity index is 1.29. The Morgan fingerprint density at radius 2 is 1.60 bits per heavy atom. The van der Waals surface area contributed by atoms with Gasteiger partial charge in [-0.15, -0.1) is 0 Å². The second kappa shape index (κ2) is 14.9. The molecule has 0 aromatic heterocycles. The quantitative estimate of drug-likeness (QED) is 0.302. The molecule has 1 fully saturated rings. The van der Waals surface area contributed by atoms with Crippen molar-refractivity contribution in [1.29, 1.82) is 0 Å². The van der Waals surface area contributed by atoms with E-state index >= 15 is 0 Å². The third kappa shape index (κ3) is 8.20. The summed E-state index contributed by atoms with van der Waals surface area (Å²) in [7, 11) is 3.31. The third-order valence-corrected chi connectivity index (χ3v) is 8.30. The van der Waals surface area contributed by atoms with Gasteiger partial charge >= 0.3 is 5.97 Å². The minimum absolute atomic E-state index is 0.0112. The van der Waals surface area contributed by atoms with Gasteiger partial charge in [-0.1, -0.05) is 48.5 Å². The zero-order chi connectivity index (χ0) is 31.9. The number of hydrogen-bond acceptors (Lipinski definition) is 9. The Labute approximate surface area is 264 Å². The van der Waals surface area contributed by atoms with Crippen LogP contribution in [0.25, 0.3) is 0 Å². The van der Waals surface area contributed by atoms with Gasteiger partial charge in [0.1, 0.15) is 0 Å². The van der Waals surface area contributed by atoms with E-state index in [1.807, 2.05) is 48.5 Å². The van der Waals surface area contributed by atoms with Crippen molar-refractivity contribution in [3.63, 3.8) is 0 Å². The average Bonchev–Trinajstić information content (AvgIpc) is 3.06. The lowest BCUT2D eigenvalue weighted by molar-refractivity contribution is -0.253. The highest BCUT2D eigenvalue weighted by Gasteiger charge is 2.34. The maximum Gasteiger partial charge on any atom is 0.303 e. The minimum Gasteiger partial charge on any atom is -0.493 e. The van der Waals surface area contributed by atoms with Gasteiger partial charge in [0.05, 0.1) is 33.0 Å². The fraction of sp³-hybridized carbons (Fsp3) is 0.429. The number of methoxy groups -OCH3 is 2. The van der Waals surface area contributed by atoms with E-state index in [2.05, 4.69) is 22.3 Å². The Morgan fingerprint density at radius 1 is 0.956 bits per heavy atom. The molecule has 2 N–H and O–H groups in total. The molecule has 2 aliphatic heterocycles. The van der Waals surface area contributed by atoms with Crippen molar-refractivity contribution in [1.82, 2.24) is 10.2 Å². The fourth-order valence-corrected chi connectivity index (χ4v) is 5.85. The van der Waals surface area contributed by atoms with Crippen LogP contribution in [0.5, 0.6) is 11.5 Å². The van der Waals surface area contributed by atoms with E-state index in [1.54, 1.807) is 21.1 Å². The Hall–Kier alpha value is -3.96. The number of hydrogen-bond donors (Lipinski definition) is 2. The van der Waals surface area contributed by atoms with Crippen molar-refractivity contribution < 1.29 is 38.4 Å². The van der Waals surface area contributed by atoms with Crippen molar-refractivity contribution in [2.45, 2.75) is 71.0 Å². The number of rotatable bonds is 11. The second-order valence-electron chi connectivity index (χ2n) is 11.5. The number of fused-ring (bicyclic) bond motifs is 1. The second-order valence-corrected chi connectivity index (χ2v) is 11.5. The van der Waals surface area contributed by atoms with Crippen molar-refractivity contribution in [3.8, 4) is 11.5 Å². The molecule has 2 heterocycles. The van der Waals surface area contributed by atoms with Crippen LogP contribution in [0.4, 0.5) is 0 Å². The van der Waals surface area contributed by atoms with Gasteiger partial charge < -0.3 is 34.1 Å². The Kier molecular flexibility index (Phi) is 10.7. The van der Waals surface area contributed by atoms with Crippen LogP contribution in [0.2, 0.25) is 0 Å². The molecule has 3 aromatic carbocycles. The fourth-order valence-electron chi connectivity index (χ4n) is 5.85. The van der Waals surface area contributed by atoms with Gasteiger partial charge in [-0.3, -0.25) is 14.5 Å². The predicted octanol–water partition coefficient (Wildman–Crippen LogP) is 4.37. The average molecular weight is 619 g/mol. The van der Waals surface area contributed by atoms with Crippen LogP contribution in [0.1, 0.15) is 66.0 Å². The molecule has 1 amide bonds. The van der Waals surface area contributed by atoms with Crippen molar-refractivity contribution in [2.24, 2.45) is 0 Å². The van der Waals surface area contributed by atoms with Gasteiger partial charge in [-0.25, -0.2) is 0 Å². The summed E-state index contributed by atoms with van der Waals surface area (Å²) in [6, 6.07) is 19.8. The SMILES string of the molecule is COc1cc2c(cc1OC)CN(C[C@@H]1C[C@H](c3ccc(CO)cc3)O[C@H](c3ccc(CNC(=O)[C@H](C)OC(C)=O)cc3)O1)CC2. The van der Waals surface area contributed by atoms with Crippen LogP contribution in [0.15, 0.2) is 60.7 Å². The summed E-state index contributed by atoms with van der Waals surface area (Å²) in [6.07, 6.45) is -0.120. The Bertz CT molecular complexity index is 1460. The summed E-state index contributed by atoms with van der Waals surface area (Å²) >= 11 is 0. The first-order valence-electron chi connectivity index (χ1n) is 15.3. The van der Waals surface area contributed by atoms with Crippen molar-refractivity contribution >= 4 is 11.9 Å². The number of carbonyl (C=O) groups excluding carboxylic acids is 2. The van der Waals surface area contributed by atoms with E-state index in [4.69, 9.17) is 23.7 Å². The van der Waals surface area contributed by atoms with Gasteiger partial charge in [0.15, 0.2) is 23.9 Å². The molecule has 0 aliphatic carbocycles. The molecule has 240 valence electrons. The van der Waals surface area contributed by atoms with Crippen LogP contribution >= 0.6 is 0 Å². The summed E-state index contributed by atoms with van der Waals surface area (Å²) in [5, 5.41) is 12.3. The van der Waals surface area contributed by atoms with Crippen LogP contribution < -0.4 is 14.8 Å². The predicted molar refractivity (Wildman–Crippen MR) is 166 cm³/mol.